The first-order valence-electron chi connectivity index (χ1n) is 5.91. The molecule has 0 nitrogen and oxygen atoms in total. The number of rotatable bonds is 0. The smallest absolute Gasteiger partial charge is 0.0284 e. The average Bonchev–Trinajstić information content (AvgIpc) is 2.76. The molecule has 13 heavy (non-hydrogen) atoms. The third kappa shape index (κ3) is 1.04. The van der Waals surface area contributed by atoms with Crippen LogP contribution in [0.2, 0.25) is 0 Å². The highest BCUT2D eigenvalue weighted by Crippen LogP contribution is 2.60. The molecule has 4 unspecified atom stereocenters. The lowest BCUT2D eigenvalue weighted by Gasteiger charge is -2.23. The fourth-order valence-corrected chi connectivity index (χ4v) is 4.23. The summed E-state index contributed by atoms with van der Waals surface area (Å²) >= 11 is 0. The first-order chi connectivity index (χ1) is 6.25. The summed E-state index contributed by atoms with van der Waals surface area (Å²) in [6.45, 7) is 4.61. The Bertz CT molecular complexity index is 237. The minimum Gasteiger partial charge on any atom is -0.0772 e. The van der Waals surface area contributed by atoms with Gasteiger partial charge in [0.15, 0.2) is 0 Å². The fraction of sp³-hybridized carbons (Fsp3) is 0.846. The molecule has 3 rings (SSSR count). The highest BCUT2D eigenvalue weighted by atomic mass is 14.5. The maximum Gasteiger partial charge on any atom is -0.0284 e. The molecule has 0 radical (unpaired) electrons. The maximum atomic E-state index is 2.30. The molecule has 3 fully saturated rings. The van der Waals surface area contributed by atoms with Gasteiger partial charge in [0.05, 0.1) is 0 Å². The van der Waals surface area contributed by atoms with Crippen molar-refractivity contribution in [2.75, 3.05) is 0 Å². The monoisotopic (exact) mass is 176 g/mol. The minimum absolute atomic E-state index is 1.11. The molecule has 0 heteroatoms. The predicted molar refractivity (Wildman–Crippen MR) is 55.4 cm³/mol. The Kier molecular flexibility index (Phi) is 1.63. The second-order valence-electron chi connectivity index (χ2n) is 5.67. The second-order valence-corrected chi connectivity index (χ2v) is 5.67. The lowest BCUT2D eigenvalue weighted by molar-refractivity contribution is 0.259. The van der Waals surface area contributed by atoms with Crippen LogP contribution in [0.25, 0.3) is 0 Å². The molecule has 0 aliphatic heterocycles. The van der Waals surface area contributed by atoms with Crippen LogP contribution in [0, 0.1) is 23.7 Å². The molecule has 0 spiro atoms. The molecule has 3 aliphatic carbocycles. The van der Waals surface area contributed by atoms with Gasteiger partial charge in [0, 0.05) is 0 Å². The first-order valence-corrected chi connectivity index (χ1v) is 5.91. The normalized spacial score (nSPS) is 47.1. The van der Waals surface area contributed by atoms with Crippen molar-refractivity contribution in [2.24, 2.45) is 23.7 Å². The highest BCUT2D eigenvalue weighted by Gasteiger charge is 2.50. The van der Waals surface area contributed by atoms with E-state index in [1.54, 1.807) is 24.8 Å². The average molecular weight is 176 g/mol. The second kappa shape index (κ2) is 2.62. The van der Waals surface area contributed by atoms with Gasteiger partial charge in [-0.2, -0.15) is 0 Å². The number of hydrogen-bond acceptors (Lipinski definition) is 0. The number of allylic oxidation sites excluding steroid dienone is 2. The minimum atomic E-state index is 1.11. The van der Waals surface area contributed by atoms with Crippen molar-refractivity contribution in [3.8, 4) is 0 Å². The van der Waals surface area contributed by atoms with Gasteiger partial charge in [0.25, 0.3) is 0 Å². The molecule has 0 N–H and O–H groups in total. The molecule has 72 valence electrons. The molecule has 0 amide bonds. The Morgan fingerprint density at radius 1 is 1.00 bits per heavy atom. The van der Waals surface area contributed by atoms with E-state index in [2.05, 4.69) is 13.8 Å². The first kappa shape index (κ1) is 8.08. The van der Waals surface area contributed by atoms with E-state index in [9.17, 15) is 0 Å². The molecule has 3 saturated carbocycles. The van der Waals surface area contributed by atoms with E-state index in [4.69, 9.17) is 0 Å². The molecule has 0 aromatic rings. The van der Waals surface area contributed by atoms with Gasteiger partial charge in [-0.15, -0.1) is 0 Å². The zero-order valence-corrected chi connectivity index (χ0v) is 8.84. The molecule has 0 saturated heterocycles. The molecule has 0 aromatic carbocycles. The van der Waals surface area contributed by atoms with Gasteiger partial charge >= 0.3 is 0 Å². The topological polar surface area (TPSA) is 0 Å². The molecular weight excluding hydrogens is 156 g/mol. The van der Waals surface area contributed by atoms with Crippen LogP contribution in [0.3, 0.4) is 0 Å². The number of fused-ring (bicyclic) bond motifs is 5. The van der Waals surface area contributed by atoms with Crippen LogP contribution in [0.5, 0.6) is 0 Å². The molecular formula is C13H20. The van der Waals surface area contributed by atoms with Crippen LogP contribution in [-0.4, -0.2) is 0 Å². The van der Waals surface area contributed by atoms with E-state index in [0.717, 1.165) is 23.7 Å². The van der Waals surface area contributed by atoms with Crippen LogP contribution >= 0.6 is 0 Å². The standard InChI is InChI=1S/C13H20/c1-8(2)11-6-12-9-3-4-10(5-9)13(12)7-11/h9-10,12-13H,3-7H2,1-2H3. The summed E-state index contributed by atoms with van der Waals surface area (Å²) < 4.78 is 0. The van der Waals surface area contributed by atoms with Gasteiger partial charge in [-0.05, 0) is 69.6 Å². The Morgan fingerprint density at radius 2 is 1.54 bits per heavy atom. The van der Waals surface area contributed by atoms with Gasteiger partial charge in [-0.1, -0.05) is 11.1 Å². The van der Waals surface area contributed by atoms with Gasteiger partial charge < -0.3 is 0 Å². The third-order valence-electron chi connectivity index (χ3n) is 4.95. The van der Waals surface area contributed by atoms with Crippen molar-refractivity contribution in [2.45, 2.75) is 46.0 Å². The summed E-state index contributed by atoms with van der Waals surface area (Å²) in [7, 11) is 0. The van der Waals surface area contributed by atoms with Crippen molar-refractivity contribution in [1.29, 1.82) is 0 Å². The van der Waals surface area contributed by atoms with Crippen molar-refractivity contribution in [1.82, 2.24) is 0 Å². The molecule has 4 atom stereocenters. The van der Waals surface area contributed by atoms with Crippen molar-refractivity contribution in [3.05, 3.63) is 11.1 Å². The Balaban J connectivity index is 1.87. The zero-order chi connectivity index (χ0) is 9.00. The van der Waals surface area contributed by atoms with Crippen LogP contribution in [-0.2, 0) is 0 Å². The van der Waals surface area contributed by atoms with Gasteiger partial charge in [-0.25, -0.2) is 0 Å². The summed E-state index contributed by atoms with van der Waals surface area (Å²) in [6.07, 6.45) is 7.64. The van der Waals surface area contributed by atoms with Gasteiger partial charge in [0.1, 0.15) is 0 Å². The van der Waals surface area contributed by atoms with Crippen LogP contribution in [0.15, 0.2) is 11.1 Å². The summed E-state index contributed by atoms with van der Waals surface area (Å²) in [5.74, 6) is 4.49. The molecule has 0 heterocycles. The highest BCUT2D eigenvalue weighted by molar-refractivity contribution is 5.20. The lowest BCUT2D eigenvalue weighted by atomic mass is 9.82. The van der Waals surface area contributed by atoms with Crippen LogP contribution < -0.4 is 0 Å². The lowest BCUT2D eigenvalue weighted by Crippen LogP contribution is -2.15. The summed E-state index contributed by atoms with van der Waals surface area (Å²) in [5, 5.41) is 0. The molecule has 0 aromatic heterocycles. The van der Waals surface area contributed by atoms with E-state index in [1.165, 1.54) is 12.8 Å². The molecule has 3 aliphatic rings. The quantitative estimate of drug-likeness (QED) is 0.493. The van der Waals surface area contributed by atoms with Crippen LogP contribution in [0.4, 0.5) is 0 Å². The fourth-order valence-electron chi connectivity index (χ4n) is 4.23. The number of hydrogen-bond donors (Lipinski definition) is 0. The van der Waals surface area contributed by atoms with Gasteiger partial charge in [0.2, 0.25) is 0 Å². The predicted octanol–water partition coefficient (Wildman–Crippen LogP) is 3.78. The summed E-state index contributed by atoms with van der Waals surface area (Å²) in [4.78, 5) is 0. The van der Waals surface area contributed by atoms with Crippen molar-refractivity contribution >= 4 is 0 Å². The Morgan fingerprint density at radius 3 is 2.00 bits per heavy atom. The maximum absolute atomic E-state index is 2.30. The van der Waals surface area contributed by atoms with E-state index < -0.39 is 0 Å². The summed E-state index contributed by atoms with van der Waals surface area (Å²) in [6, 6.07) is 0. The van der Waals surface area contributed by atoms with E-state index in [-0.39, 0.29) is 0 Å². The largest absolute Gasteiger partial charge is 0.0772 e. The van der Waals surface area contributed by atoms with E-state index in [0.29, 0.717) is 0 Å². The molecule has 2 bridgehead atoms. The summed E-state index contributed by atoms with van der Waals surface area (Å²) in [5.41, 5.74) is 3.43. The van der Waals surface area contributed by atoms with Crippen molar-refractivity contribution < 1.29 is 0 Å². The Hall–Kier alpha value is -0.260. The van der Waals surface area contributed by atoms with E-state index >= 15 is 0 Å². The van der Waals surface area contributed by atoms with Crippen LogP contribution in [0.1, 0.15) is 46.0 Å². The third-order valence-corrected chi connectivity index (χ3v) is 4.95. The Labute approximate surface area is 81.4 Å². The zero-order valence-electron chi connectivity index (χ0n) is 8.84. The van der Waals surface area contributed by atoms with E-state index in [1.807, 2.05) is 5.57 Å². The van der Waals surface area contributed by atoms with Gasteiger partial charge in [-0.3, -0.25) is 0 Å². The SMILES string of the molecule is CC(C)=C1CC2C3CCC(C3)C2C1. The van der Waals surface area contributed by atoms with Crippen molar-refractivity contribution in [3.63, 3.8) is 0 Å².